The normalized spacial score (nSPS) is 14.4. The summed E-state index contributed by atoms with van der Waals surface area (Å²) < 4.78 is 16.8. The quantitative estimate of drug-likeness (QED) is 0.850. The van der Waals surface area contributed by atoms with Gasteiger partial charge in [-0.1, -0.05) is 0 Å². The number of carboxylic acid groups (broad SMARTS) is 1. The molecule has 0 aliphatic heterocycles. The van der Waals surface area contributed by atoms with Gasteiger partial charge in [-0.3, -0.25) is 4.21 Å². The maximum Gasteiger partial charge on any atom is 0.335 e. The second-order valence-electron chi connectivity index (χ2n) is 3.39. The van der Waals surface area contributed by atoms with Crippen LogP contribution in [0.4, 0.5) is 0 Å². The molecule has 0 aliphatic rings. The first-order valence-corrected chi connectivity index (χ1v) is 6.00. The van der Waals surface area contributed by atoms with Crippen molar-refractivity contribution in [3.8, 4) is 0 Å². The van der Waals surface area contributed by atoms with E-state index in [0.29, 0.717) is 11.5 Å². The lowest BCUT2D eigenvalue weighted by molar-refractivity contribution is 0.0697. The number of rotatable bonds is 5. The van der Waals surface area contributed by atoms with Crippen LogP contribution >= 0.6 is 0 Å². The molecule has 0 radical (unpaired) electrons. The van der Waals surface area contributed by atoms with E-state index in [4.69, 9.17) is 9.84 Å². The summed E-state index contributed by atoms with van der Waals surface area (Å²) in [5.41, 5.74) is 0.195. The Bertz CT molecular complexity index is 385. The second-order valence-corrected chi connectivity index (χ2v) is 5.26. The van der Waals surface area contributed by atoms with Crippen molar-refractivity contribution in [1.82, 2.24) is 0 Å². The highest BCUT2D eigenvalue weighted by Crippen LogP contribution is 2.13. The van der Waals surface area contributed by atoms with Gasteiger partial charge in [-0.15, -0.1) is 0 Å². The topological polar surface area (TPSA) is 63.6 Å². The summed E-state index contributed by atoms with van der Waals surface area (Å²) in [4.78, 5) is 11.2. The molecule has 2 unspecified atom stereocenters. The zero-order valence-electron chi connectivity index (χ0n) is 9.17. The molecule has 16 heavy (non-hydrogen) atoms. The van der Waals surface area contributed by atoms with Crippen molar-refractivity contribution in [3.63, 3.8) is 0 Å². The average Bonchev–Trinajstić information content (AvgIpc) is 2.28. The Morgan fingerprint density at radius 2 is 2.00 bits per heavy atom. The molecular formula is C11H14O4S. The van der Waals surface area contributed by atoms with E-state index in [1.165, 1.54) is 12.1 Å². The molecule has 1 aromatic carbocycles. The number of carboxylic acids is 1. The number of carbonyl (C=O) groups is 1. The van der Waals surface area contributed by atoms with Crippen LogP contribution in [0, 0.1) is 0 Å². The molecular weight excluding hydrogens is 228 g/mol. The van der Waals surface area contributed by atoms with Crippen LogP contribution in [0.25, 0.3) is 0 Å². The Labute approximate surface area is 96.7 Å². The van der Waals surface area contributed by atoms with Crippen molar-refractivity contribution in [2.24, 2.45) is 0 Å². The van der Waals surface area contributed by atoms with E-state index in [2.05, 4.69) is 0 Å². The molecule has 1 rings (SSSR count). The van der Waals surface area contributed by atoms with Crippen molar-refractivity contribution in [1.29, 1.82) is 0 Å². The van der Waals surface area contributed by atoms with Gasteiger partial charge in [0.2, 0.25) is 0 Å². The summed E-state index contributed by atoms with van der Waals surface area (Å²) in [6, 6.07) is 6.06. The summed E-state index contributed by atoms with van der Waals surface area (Å²) in [7, 11) is 0.389. The third-order valence-electron chi connectivity index (χ3n) is 2.10. The fourth-order valence-corrected chi connectivity index (χ4v) is 2.39. The van der Waals surface area contributed by atoms with Gasteiger partial charge in [0.1, 0.15) is 0 Å². The highest BCUT2D eigenvalue weighted by molar-refractivity contribution is 7.85. The number of ether oxygens (including phenoxy) is 1. The van der Waals surface area contributed by atoms with Gasteiger partial charge in [-0.25, -0.2) is 4.79 Å². The zero-order valence-corrected chi connectivity index (χ0v) is 9.99. The summed E-state index contributed by atoms with van der Waals surface area (Å²) in [5.74, 6) is -0.984. The summed E-state index contributed by atoms with van der Waals surface area (Å²) in [5, 5.41) is 8.60. The largest absolute Gasteiger partial charge is 0.478 e. The van der Waals surface area contributed by atoms with E-state index in [0.717, 1.165) is 0 Å². The lowest BCUT2D eigenvalue weighted by atomic mass is 10.2. The predicted molar refractivity (Wildman–Crippen MR) is 61.1 cm³/mol. The second kappa shape index (κ2) is 5.77. The fourth-order valence-electron chi connectivity index (χ4n) is 1.26. The van der Waals surface area contributed by atoms with Gasteiger partial charge in [0.15, 0.2) is 0 Å². The first-order chi connectivity index (χ1) is 7.56. The van der Waals surface area contributed by atoms with Crippen LogP contribution in [0.1, 0.15) is 17.3 Å². The molecule has 1 N–H and O–H groups in total. The Morgan fingerprint density at radius 1 is 1.44 bits per heavy atom. The van der Waals surface area contributed by atoms with Crippen LogP contribution in [0.3, 0.4) is 0 Å². The van der Waals surface area contributed by atoms with Crippen molar-refractivity contribution in [2.45, 2.75) is 17.1 Å². The third kappa shape index (κ3) is 3.15. The Hall–Kier alpha value is -1.20. The fraction of sp³-hybridized carbons (Fsp3) is 0.364. The van der Waals surface area contributed by atoms with Gasteiger partial charge in [0.25, 0.3) is 0 Å². The van der Waals surface area contributed by atoms with Crippen LogP contribution in [-0.4, -0.2) is 34.3 Å². The number of aromatic carboxylic acids is 1. The molecule has 1 aromatic rings. The number of methoxy groups -OCH3 is 1. The van der Waals surface area contributed by atoms with E-state index in [1.54, 1.807) is 19.2 Å². The summed E-state index contributed by atoms with van der Waals surface area (Å²) in [6.07, 6.45) is 0. The van der Waals surface area contributed by atoms with Crippen LogP contribution < -0.4 is 0 Å². The van der Waals surface area contributed by atoms with Gasteiger partial charge in [0, 0.05) is 12.0 Å². The third-order valence-corrected chi connectivity index (χ3v) is 3.70. The van der Waals surface area contributed by atoms with Crippen LogP contribution in [0.5, 0.6) is 0 Å². The predicted octanol–water partition coefficient (Wildman–Crippen LogP) is 1.53. The summed E-state index contributed by atoms with van der Waals surface area (Å²) in [6.45, 7) is 2.23. The van der Waals surface area contributed by atoms with Gasteiger partial charge in [0.05, 0.1) is 28.2 Å². The molecule has 2 atom stereocenters. The molecule has 0 saturated heterocycles. The monoisotopic (exact) mass is 242 g/mol. The van der Waals surface area contributed by atoms with E-state index in [9.17, 15) is 9.00 Å². The first-order valence-electron chi connectivity index (χ1n) is 4.79. The molecule has 4 nitrogen and oxygen atoms in total. The van der Waals surface area contributed by atoms with Crippen molar-refractivity contribution in [2.75, 3.05) is 13.7 Å². The van der Waals surface area contributed by atoms with E-state index >= 15 is 0 Å². The molecule has 0 fully saturated rings. The van der Waals surface area contributed by atoms with E-state index < -0.39 is 16.8 Å². The smallest absolute Gasteiger partial charge is 0.335 e. The van der Waals surface area contributed by atoms with Crippen molar-refractivity contribution in [3.05, 3.63) is 29.8 Å². The van der Waals surface area contributed by atoms with Crippen LogP contribution in [-0.2, 0) is 15.5 Å². The lowest BCUT2D eigenvalue weighted by Crippen LogP contribution is -2.17. The summed E-state index contributed by atoms with van der Waals surface area (Å²) >= 11 is 0. The minimum atomic E-state index is -1.17. The lowest BCUT2D eigenvalue weighted by Gasteiger charge is -2.10. The molecule has 0 bridgehead atoms. The zero-order chi connectivity index (χ0) is 12.1. The van der Waals surface area contributed by atoms with Gasteiger partial charge >= 0.3 is 5.97 Å². The Balaban J connectivity index is 2.81. The molecule has 5 heteroatoms. The molecule has 0 heterocycles. The minimum Gasteiger partial charge on any atom is -0.478 e. The highest BCUT2D eigenvalue weighted by Gasteiger charge is 2.13. The van der Waals surface area contributed by atoms with Crippen LogP contribution in [0.15, 0.2) is 29.2 Å². The number of hydrogen-bond donors (Lipinski definition) is 1. The average molecular weight is 242 g/mol. The standard InChI is InChI=1S/C11H14O4S/c1-8(7-15-2)16(14)10-5-3-9(4-6-10)11(12)13/h3-6,8H,7H2,1-2H3,(H,12,13). The maximum atomic E-state index is 11.9. The number of benzene rings is 1. The molecule has 0 aromatic heterocycles. The van der Waals surface area contributed by atoms with Gasteiger partial charge in [-0.05, 0) is 31.2 Å². The molecule has 0 spiro atoms. The minimum absolute atomic E-state index is 0.110. The van der Waals surface area contributed by atoms with E-state index in [1.807, 2.05) is 6.92 Å². The van der Waals surface area contributed by atoms with Gasteiger partial charge < -0.3 is 9.84 Å². The van der Waals surface area contributed by atoms with Crippen molar-refractivity contribution >= 4 is 16.8 Å². The van der Waals surface area contributed by atoms with E-state index in [-0.39, 0.29) is 10.8 Å². The van der Waals surface area contributed by atoms with Crippen molar-refractivity contribution < 1.29 is 18.8 Å². The Morgan fingerprint density at radius 3 is 2.44 bits per heavy atom. The van der Waals surface area contributed by atoms with Gasteiger partial charge in [-0.2, -0.15) is 0 Å². The van der Waals surface area contributed by atoms with Crippen LogP contribution in [0.2, 0.25) is 0 Å². The molecule has 0 amide bonds. The Kier molecular flexibility index (Phi) is 4.64. The molecule has 88 valence electrons. The first kappa shape index (κ1) is 12.9. The molecule has 0 saturated carbocycles. The maximum absolute atomic E-state index is 11.9. The highest BCUT2D eigenvalue weighted by atomic mass is 32.2. The SMILES string of the molecule is COCC(C)S(=O)c1ccc(C(=O)O)cc1. The number of hydrogen-bond acceptors (Lipinski definition) is 3. The molecule has 0 aliphatic carbocycles.